The van der Waals surface area contributed by atoms with Crippen molar-refractivity contribution in [2.45, 2.75) is 75.1 Å². The Morgan fingerprint density at radius 1 is 1.12 bits per heavy atom. The van der Waals surface area contributed by atoms with Gasteiger partial charge in [0.15, 0.2) is 0 Å². The lowest BCUT2D eigenvalue weighted by molar-refractivity contribution is -0.146. The molecular formula is C32H45N3O4S. The molecule has 3 heterocycles. The van der Waals surface area contributed by atoms with Crippen molar-refractivity contribution in [3.05, 3.63) is 61.2 Å². The Balaban J connectivity index is 1.75. The quantitative estimate of drug-likeness (QED) is 0.304. The Kier molecular flexibility index (Phi) is 9.20. The normalized spacial score (nSPS) is 28.9. The third-order valence-corrected chi connectivity index (χ3v) is 10.9. The van der Waals surface area contributed by atoms with Crippen LogP contribution < -0.4 is 0 Å². The van der Waals surface area contributed by atoms with Gasteiger partial charge in [0.2, 0.25) is 17.7 Å². The molecular weight excluding hydrogens is 522 g/mol. The van der Waals surface area contributed by atoms with Gasteiger partial charge in [-0.15, -0.1) is 24.9 Å². The highest BCUT2D eigenvalue weighted by Gasteiger charge is 2.76. The molecule has 3 aliphatic heterocycles. The molecule has 0 saturated carbocycles. The van der Waals surface area contributed by atoms with Crippen LogP contribution in [0.15, 0.2) is 55.6 Å². The maximum Gasteiger partial charge on any atom is 0.247 e. The molecule has 1 aromatic rings. The lowest BCUT2D eigenvalue weighted by Crippen LogP contribution is -2.60. The SMILES string of the molecule is C=CCN(Cc1ccccc1)C(=O)[C@@H]1[C@@H]2CC(C)C3(S2)C(C(=O)N(CC=C)C(C)(C)C)N(CCCCO)C(=O)[C@H]13. The van der Waals surface area contributed by atoms with Gasteiger partial charge in [-0.25, -0.2) is 0 Å². The first-order chi connectivity index (χ1) is 19.0. The number of nitrogens with zero attached hydrogens (tertiary/aromatic N) is 3. The third kappa shape index (κ3) is 5.25. The second-order valence-electron chi connectivity index (χ2n) is 12.4. The van der Waals surface area contributed by atoms with Gasteiger partial charge in [-0.05, 0) is 51.5 Å². The predicted octanol–water partition coefficient (Wildman–Crippen LogP) is 4.12. The number of thioether (sulfide) groups is 1. The van der Waals surface area contributed by atoms with Gasteiger partial charge in [-0.1, -0.05) is 49.4 Å². The van der Waals surface area contributed by atoms with Gasteiger partial charge in [-0.2, -0.15) is 0 Å². The molecule has 0 radical (unpaired) electrons. The number of aliphatic hydroxyl groups excluding tert-OH is 1. The number of likely N-dealkylation sites (tertiary alicyclic amines) is 1. The zero-order valence-electron chi connectivity index (χ0n) is 24.4. The average Bonchev–Trinajstić information content (AvgIpc) is 3.50. The molecule has 0 aromatic heterocycles. The number of fused-ring (bicyclic) bond motifs is 1. The predicted molar refractivity (Wildman–Crippen MR) is 160 cm³/mol. The summed E-state index contributed by atoms with van der Waals surface area (Å²) >= 11 is 1.71. The van der Waals surface area contributed by atoms with Crippen LogP contribution in [0.4, 0.5) is 0 Å². The van der Waals surface area contributed by atoms with Crippen LogP contribution in [-0.4, -0.2) is 85.3 Å². The van der Waals surface area contributed by atoms with Gasteiger partial charge in [0.05, 0.1) is 16.6 Å². The van der Waals surface area contributed by atoms with Gasteiger partial charge < -0.3 is 19.8 Å². The Labute approximate surface area is 243 Å². The van der Waals surface area contributed by atoms with Crippen molar-refractivity contribution in [1.29, 1.82) is 0 Å². The average molecular weight is 568 g/mol. The molecule has 7 nitrogen and oxygen atoms in total. The van der Waals surface area contributed by atoms with E-state index in [4.69, 9.17) is 0 Å². The van der Waals surface area contributed by atoms with E-state index in [1.165, 1.54) is 0 Å². The van der Waals surface area contributed by atoms with Crippen molar-refractivity contribution < 1.29 is 19.5 Å². The minimum atomic E-state index is -0.671. The van der Waals surface area contributed by atoms with Gasteiger partial charge in [0, 0.05) is 43.6 Å². The molecule has 3 amide bonds. The zero-order chi connectivity index (χ0) is 29.2. The summed E-state index contributed by atoms with van der Waals surface area (Å²) in [5.41, 5.74) is 0.564. The summed E-state index contributed by atoms with van der Waals surface area (Å²) in [5, 5.41) is 9.43. The van der Waals surface area contributed by atoms with E-state index in [-0.39, 0.29) is 35.5 Å². The van der Waals surface area contributed by atoms with Crippen LogP contribution >= 0.6 is 11.8 Å². The zero-order valence-corrected chi connectivity index (χ0v) is 25.2. The minimum Gasteiger partial charge on any atom is -0.396 e. The first-order valence-corrected chi connectivity index (χ1v) is 15.4. The number of amides is 3. The molecule has 3 unspecified atom stereocenters. The molecule has 1 spiro atoms. The van der Waals surface area contributed by atoms with Crippen molar-refractivity contribution in [3.8, 4) is 0 Å². The highest BCUT2D eigenvalue weighted by atomic mass is 32.2. The molecule has 3 aliphatic rings. The number of carbonyl (C=O) groups is 3. The maximum atomic E-state index is 14.5. The molecule has 218 valence electrons. The summed E-state index contributed by atoms with van der Waals surface area (Å²) in [6, 6.07) is 9.21. The van der Waals surface area contributed by atoms with E-state index in [0.29, 0.717) is 39.0 Å². The van der Waals surface area contributed by atoms with E-state index in [0.717, 1.165) is 12.0 Å². The lowest BCUT2D eigenvalue weighted by atomic mass is 9.65. The lowest BCUT2D eigenvalue weighted by Gasteiger charge is -2.44. The highest BCUT2D eigenvalue weighted by Crippen LogP contribution is 2.69. The molecule has 1 aromatic carbocycles. The number of hydrogen-bond donors (Lipinski definition) is 1. The molecule has 6 atom stereocenters. The Morgan fingerprint density at radius 2 is 1.80 bits per heavy atom. The number of unbranched alkanes of at least 4 members (excludes halogenated alkanes) is 1. The van der Waals surface area contributed by atoms with E-state index < -0.39 is 28.2 Å². The van der Waals surface area contributed by atoms with Crippen LogP contribution in [0.25, 0.3) is 0 Å². The molecule has 3 fully saturated rings. The molecule has 2 bridgehead atoms. The third-order valence-electron chi connectivity index (χ3n) is 8.84. The standard InChI is InChI=1S/C32H45N3O4S/c1-7-16-33(21-23-14-10-9-11-15-23)28(37)25-24-20-22(3)32(40-24)26(25)29(38)34(18-12-13-19-36)27(32)30(39)35(17-8-2)31(4,5)6/h7-11,14-15,22,24-27,36H,1-2,12-13,16-21H2,3-6H3/t22?,24-,25+,26-,27?,32?/m0/s1. The summed E-state index contributed by atoms with van der Waals surface area (Å²) in [6.07, 6.45) is 5.42. The molecule has 1 N–H and O–H groups in total. The summed E-state index contributed by atoms with van der Waals surface area (Å²) in [5.74, 6) is -1.15. The van der Waals surface area contributed by atoms with Gasteiger partial charge in [0.25, 0.3) is 0 Å². The van der Waals surface area contributed by atoms with E-state index in [9.17, 15) is 19.5 Å². The number of hydrogen-bond acceptors (Lipinski definition) is 5. The molecule has 3 saturated heterocycles. The summed E-state index contributed by atoms with van der Waals surface area (Å²) in [6.45, 7) is 17.6. The van der Waals surface area contributed by atoms with Crippen molar-refractivity contribution in [3.63, 3.8) is 0 Å². The van der Waals surface area contributed by atoms with Crippen LogP contribution in [0.3, 0.4) is 0 Å². The van der Waals surface area contributed by atoms with Gasteiger partial charge in [-0.3, -0.25) is 14.4 Å². The molecule has 4 rings (SSSR count). The fourth-order valence-corrected chi connectivity index (χ4v) is 9.50. The number of aliphatic hydroxyl groups is 1. The van der Waals surface area contributed by atoms with E-state index in [2.05, 4.69) is 20.1 Å². The van der Waals surface area contributed by atoms with Crippen molar-refractivity contribution in [1.82, 2.24) is 14.7 Å². The smallest absolute Gasteiger partial charge is 0.247 e. The van der Waals surface area contributed by atoms with Crippen molar-refractivity contribution in [2.24, 2.45) is 17.8 Å². The molecule has 0 aliphatic carbocycles. The minimum absolute atomic E-state index is 0.0167. The fraction of sp³-hybridized carbons (Fsp3) is 0.594. The number of rotatable bonds is 12. The topological polar surface area (TPSA) is 81.2 Å². The Bertz CT molecular complexity index is 1120. The first-order valence-electron chi connectivity index (χ1n) is 14.5. The maximum absolute atomic E-state index is 14.5. The second-order valence-corrected chi connectivity index (χ2v) is 14.0. The van der Waals surface area contributed by atoms with Crippen LogP contribution in [0.2, 0.25) is 0 Å². The monoisotopic (exact) mass is 567 g/mol. The summed E-state index contributed by atoms with van der Waals surface area (Å²) in [4.78, 5) is 48.6. The summed E-state index contributed by atoms with van der Waals surface area (Å²) < 4.78 is -0.671. The second kappa shape index (κ2) is 12.1. The first kappa shape index (κ1) is 30.4. The van der Waals surface area contributed by atoms with Crippen molar-refractivity contribution >= 4 is 29.5 Å². The fourth-order valence-electron chi connectivity index (χ4n) is 7.09. The van der Waals surface area contributed by atoms with Gasteiger partial charge >= 0.3 is 0 Å². The van der Waals surface area contributed by atoms with Crippen LogP contribution in [-0.2, 0) is 20.9 Å². The van der Waals surface area contributed by atoms with E-state index >= 15 is 0 Å². The van der Waals surface area contributed by atoms with Gasteiger partial charge in [0.1, 0.15) is 6.04 Å². The molecule has 8 heteroatoms. The highest BCUT2D eigenvalue weighted by molar-refractivity contribution is 8.02. The molecule has 40 heavy (non-hydrogen) atoms. The van der Waals surface area contributed by atoms with E-state index in [1.807, 2.05) is 60.9 Å². The number of benzene rings is 1. The van der Waals surface area contributed by atoms with E-state index in [1.54, 1.807) is 28.8 Å². The number of carbonyl (C=O) groups excluding carboxylic acids is 3. The van der Waals surface area contributed by atoms with Crippen LogP contribution in [0.1, 0.15) is 52.5 Å². The van der Waals surface area contributed by atoms with Crippen LogP contribution in [0.5, 0.6) is 0 Å². The summed E-state index contributed by atoms with van der Waals surface area (Å²) in [7, 11) is 0. The Hall–Kier alpha value is -2.58. The van der Waals surface area contributed by atoms with Crippen molar-refractivity contribution in [2.75, 3.05) is 26.2 Å². The van der Waals surface area contributed by atoms with Crippen LogP contribution in [0, 0.1) is 17.8 Å². The Morgan fingerprint density at radius 3 is 2.40 bits per heavy atom. The largest absolute Gasteiger partial charge is 0.396 e.